The second-order valence-corrected chi connectivity index (χ2v) is 5.33. The predicted molar refractivity (Wildman–Crippen MR) is 90.8 cm³/mol. The van der Waals surface area contributed by atoms with Crippen molar-refractivity contribution >= 4 is 11.5 Å². The van der Waals surface area contributed by atoms with Crippen LogP contribution >= 0.6 is 0 Å². The number of hydrogen-bond acceptors (Lipinski definition) is 4. The van der Waals surface area contributed by atoms with Gasteiger partial charge in [0, 0.05) is 23.5 Å². The number of benzene rings is 1. The van der Waals surface area contributed by atoms with Crippen LogP contribution in [0.15, 0.2) is 60.9 Å². The minimum absolute atomic E-state index is 0.458. The Labute approximate surface area is 133 Å². The first-order chi connectivity index (χ1) is 11.2. The highest BCUT2D eigenvalue weighted by Gasteiger charge is 2.16. The molecule has 0 bridgehead atoms. The monoisotopic (exact) mass is 301 g/mol. The van der Waals surface area contributed by atoms with Crippen molar-refractivity contribution in [3.63, 3.8) is 0 Å². The SMILES string of the molecule is Cc1nc2ccccn2c1-c1ccccc1-c1nccc(N)n1. The third-order valence-electron chi connectivity index (χ3n) is 3.80. The first-order valence-corrected chi connectivity index (χ1v) is 7.36. The number of nitrogens with two attached hydrogens (primary N) is 1. The number of rotatable bonds is 2. The third kappa shape index (κ3) is 2.23. The van der Waals surface area contributed by atoms with E-state index in [4.69, 9.17) is 5.73 Å². The minimum Gasteiger partial charge on any atom is -0.384 e. The summed E-state index contributed by atoms with van der Waals surface area (Å²) in [5.41, 5.74) is 10.7. The van der Waals surface area contributed by atoms with Crippen LogP contribution in [0.1, 0.15) is 5.69 Å². The van der Waals surface area contributed by atoms with Gasteiger partial charge in [-0.2, -0.15) is 0 Å². The van der Waals surface area contributed by atoms with Crippen molar-refractivity contribution in [3.05, 3.63) is 66.6 Å². The number of aromatic nitrogens is 4. The average Bonchev–Trinajstić information content (AvgIpc) is 2.90. The molecule has 0 atom stereocenters. The van der Waals surface area contributed by atoms with Gasteiger partial charge in [0.15, 0.2) is 5.82 Å². The number of aryl methyl sites for hydroxylation is 1. The maximum Gasteiger partial charge on any atom is 0.162 e. The minimum atomic E-state index is 0.458. The summed E-state index contributed by atoms with van der Waals surface area (Å²) in [5, 5.41) is 0. The van der Waals surface area contributed by atoms with E-state index in [1.165, 1.54) is 0 Å². The van der Waals surface area contributed by atoms with Gasteiger partial charge in [0.05, 0.1) is 11.4 Å². The largest absolute Gasteiger partial charge is 0.384 e. The molecule has 0 saturated carbocycles. The molecule has 0 spiro atoms. The molecule has 5 heteroatoms. The fraction of sp³-hybridized carbons (Fsp3) is 0.0556. The van der Waals surface area contributed by atoms with E-state index in [9.17, 15) is 0 Å². The summed E-state index contributed by atoms with van der Waals surface area (Å²) in [6.45, 7) is 2.01. The first-order valence-electron chi connectivity index (χ1n) is 7.36. The van der Waals surface area contributed by atoms with E-state index in [1.54, 1.807) is 12.3 Å². The molecule has 0 fully saturated rings. The highest BCUT2D eigenvalue weighted by molar-refractivity contribution is 5.81. The molecule has 0 radical (unpaired) electrons. The van der Waals surface area contributed by atoms with Gasteiger partial charge in [-0.3, -0.25) is 4.40 Å². The zero-order valence-electron chi connectivity index (χ0n) is 12.6. The Hall–Kier alpha value is -3.21. The van der Waals surface area contributed by atoms with Crippen LogP contribution in [-0.2, 0) is 0 Å². The third-order valence-corrected chi connectivity index (χ3v) is 3.80. The number of imidazole rings is 1. The van der Waals surface area contributed by atoms with Gasteiger partial charge in [0.2, 0.25) is 0 Å². The van der Waals surface area contributed by atoms with Crippen molar-refractivity contribution in [2.24, 2.45) is 0 Å². The van der Waals surface area contributed by atoms with Gasteiger partial charge in [-0.15, -0.1) is 0 Å². The van der Waals surface area contributed by atoms with Crippen LogP contribution in [0.5, 0.6) is 0 Å². The average molecular weight is 301 g/mol. The molecule has 3 heterocycles. The lowest BCUT2D eigenvalue weighted by Gasteiger charge is -2.09. The normalized spacial score (nSPS) is 11.0. The molecular weight excluding hydrogens is 286 g/mol. The first kappa shape index (κ1) is 13.5. The molecule has 1 aromatic carbocycles. The van der Waals surface area contributed by atoms with E-state index >= 15 is 0 Å². The summed E-state index contributed by atoms with van der Waals surface area (Å²) in [6, 6.07) is 15.7. The van der Waals surface area contributed by atoms with Crippen molar-refractivity contribution in [1.29, 1.82) is 0 Å². The van der Waals surface area contributed by atoms with Gasteiger partial charge >= 0.3 is 0 Å². The Kier molecular flexibility index (Phi) is 3.05. The van der Waals surface area contributed by atoms with E-state index in [1.807, 2.05) is 49.5 Å². The topological polar surface area (TPSA) is 69.1 Å². The molecular formula is C18H15N5. The number of fused-ring (bicyclic) bond motifs is 1. The Morgan fingerprint density at radius 1 is 0.913 bits per heavy atom. The van der Waals surface area contributed by atoms with Crippen molar-refractivity contribution in [2.45, 2.75) is 6.92 Å². The fourth-order valence-electron chi connectivity index (χ4n) is 2.83. The molecule has 0 saturated heterocycles. The van der Waals surface area contributed by atoms with Crippen LogP contribution in [0.4, 0.5) is 5.82 Å². The lowest BCUT2D eigenvalue weighted by atomic mass is 10.0. The van der Waals surface area contributed by atoms with Gasteiger partial charge in [0.25, 0.3) is 0 Å². The van der Waals surface area contributed by atoms with E-state index in [-0.39, 0.29) is 0 Å². The summed E-state index contributed by atoms with van der Waals surface area (Å²) >= 11 is 0. The van der Waals surface area contributed by atoms with Gasteiger partial charge in [0.1, 0.15) is 11.5 Å². The molecule has 2 N–H and O–H groups in total. The van der Waals surface area contributed by atoms with Gasteiger partial charge < -0.3 is 5.73 Å². The molecule has 0 aliphatic rings. The zero-order valence-corrected chi connectivity index (χ0v) is 12.6. The molecule has 4 aromatic rings. The molecule has 0 aliphatic carbocycles. The second kappa shape index (κ2) is 5.21. The molecule has 23 heavy (non-hydrogen) atoms. The van der Waals surface area contributed by atoms with Crippen molar-refractivity contribution in [3.8, 4) is 22.6 Å². The number of pyridine rings is 1. The summed E-state index contributed by atoms with van der Waals surface area (Å²) in [6.07, 6.45) is 3.69. The molecule has 5 nitrogen and oxygen atoms in total. The number of hydrogen-bond donors (Lipinski definition) is 1. The Morgan fingerprint density at radius 2 is 1.70 bits per heavy atom. The van der Waals surface area contributed by atoms with Gasteiger partial charge in [-0.05, 0) is 25.1 Å². The maximum atomic E-state index is 5.82. The summed E-state index contributed by atoms with van der Waals surface area (Å²) in [4.78, 5) is 13.4. The number of nitrogens with zero attached hydrogens (tertiary/aromatic N) is 4. The van der Waals surface area contributed by atoms with E-state index < -0.39 is 0 Å². The summed E-state index contributed by atoms with van der Waals surface area (Å²) in [5.74, 6) is 1.07. The maximum absolute atomic E-state index is 5.82. The zero-order chi connectivity index (χ0) is 15.8. The van der Waals surface area contributed by atoms with E-state index in [2.05, 4.69) is 25.4 Å². The quantitative estimate of drug-likeness (QED) is 0.616. The number of anilines is 1. The highest BCUT2D eigenvalue weighted by Crippen LogP contribution is 2.32. The van der Waals surface area contributed by atoms with Crippen LogP contribution in [0, 0.1) is 6.92 Å². The molecule has 4 rings (SSSR count). The van der Waals surface area contributed by atoms with Gasteiger partial charge in [-0.25, -0.2) is 15.0 Å². The second-order valence-electron chi connectivity index (χ2n) is 5.33. The standard InChI is InChI=1S/C18H15N5/c1-12-17(23-11-5-4-8-16(23)21-12)13-6-2-3-7-14(13)18-20-10-9-15(19)22-18/h2-11H,1H3,(H2,19,20,22). The van der Waals surface area contributed by atoms with Crippen LogP contribution in [-0.4, -0.2) is 19.4 Å². The van der Waals surface area contributed by atoms with Crippen molar-refractivity contribution < 1.29 is 0 Å². The van der Waals surface area contributed by atoms with E-state index in [0.29, 0.717) is 11.6 Å². The lowest BCUT2D eigenvalue weighted by Crippen LogP contribution is -1.97. The van der Waals surface area contributed by atoms with Crippen LogP contribution in [0.25, 0.3) is 28.3 Å². The molecule has 0 unspecified atom stereocenters. The van der Waals surface area contributed by atoms with Crippen LogP contribution in [0.3, 0.4) is 0 Å². The van der Waals surface area contributed by atoms with Crippen LogP contribution < -0.4 is 5.73 Å². The molecule has 0 aliphatic heterocycles. The molecule has 0 amide bonds. The van der Waals surface area contributed by atoms with Crippen LogP contribution in [0.2, 0.25) is 0 Å². The summed E-state index contributed by atoms with van der Waals surface area (Å²) < 4.78 is 2.08. The molecule has 112 valence electrons. The lowest BCUT2D eigenvalue weighted by molar-refractivity contribution is 1.17. The van der Waals surface area contributed by atoms with E-state index in [0.717, 1.165) is 28.2 Å². The number of nitrogen functional groups attached to an aromatic ring is 1. The fourth-order valence-corrected chi connectivity index (χ4v) is 2.83. The summed E-state index contributed by atoms with van der Waals surface area (Å²) in [7, 11) is 0. The predicted octanol–water partition coefficient (Wildman–Crippen LogP) is 3.35. The Bertz CT molecular complexity index is 1000. The highest BCUT2D eigenvalue weighted by atomic mass is 15.0. The van der Waals surface area contributed by atoms with Gasteiger partial charge in [-0.1, -0.05) is 30.3 Å². The Balaban J connectivity index is 2.01. The van der Waals surface area contributed by atoms with Crippen molar-refractivity contribution in [1.82, 2.24) is 19.4 Å². The van der Waals surface area contributed by atoms with Crippen molar-refractivity contribution in [2.75, 3.05) is 5.73 Å². The molecule has 3 aromatic heterocycles. The Morgan fingerprint density at radius 3 is 2.52 bits per heavy atom. The smallest absolute Gasteiger partial charge is 0.162 e.